The Bertz CT molecular complexity index is 537. The molecular weight excluding hydrogens is 246 g/mol. The highest BCUT2D eigenvalue weighted by Crippen LogP contribution is 2.23. The van der Waals surface area contributed by atoms with Crippen molar-refractivity contribution in [3.63, 3.8) is 0 Å². The molecule has 1 aromatic heterocycles. The number of hydrogen-bond donors (Lipinski definition) is 2. The van der Waals surface area contributed by atoms with Crippen LogP contribution in [0.2, 0.25) is 5.02 Å². The van der Waals surface area contributed by atoms with Crippen molar-refractivity contribution in [1.29, 1.82) is 0 Å². The van der Waals surface area contributed by atoms with Gasteiger partial charge >= 0.3 is 0 Å². The van der Waals surface area contributed by atoms with Gasteiger partial charge in [0.05, 0.1) is 11.7 Å². The predicted molar refractivity (Wildman–Crippen MR) is 76.9 cm³/mol. The number of rotatable bonds is 3. The molecule has 0 radical (unpaired) electrons. The Kier molecular flexibility index (Phi) is 3.72. The summed E-state index contributed by atoms with van der Waals surface area (Å²) < 4.78 is 0. The Hall–Kier alpha value is -1.74. The summed E-state index contributed by atoms with van der Waals surface area (Å²) in [5, 5.41) is 4.03. The average Bonchev–Trinajstić information content (AvgIpc) is 2.33. The van der Waals surface area contributed by atoms with Gasteiger partial charge in [0.1, 0.15) is 5.82 Å². The lowest BCUT2D eigenvalue weighted by Gasteiger charge is -2.16. The summed E-state index contributed by atoms with van der Waals surface area (Å²) in [4.78, 5) is 4.30. The van der Waals surface area contributed by atoms with Gasteiger partial charge in [0.25, 0.3) is 0 Å². The fraction of sp³-hybridized carbons (Fsp3) is 0.214. The molecule has 1 unspecified atom stereocenters. The van der Waals surface area contributed by atoms with Crippen molar-refractivity contribution in [1.82, 2.24) is 4.98 Å². The number of aryl methyl sites for hydroxylation is 1. The Labute approximate surface area is 112 Å². The first-order valence-corrected chi connectivity index (χ1v) is 6.18. The van der Waals surface area contributed by atoms with E-state index in [1.807, 2.05) is 37.3 Å². The van der Waals surface area contributed by atoms with Gasteiger partial charge in [-0.25, -0.2) is 4.98 Å². The van der Waals surface area contributed by atoms with Crippen LogP contribution in [0.3, 0.4) is 0 Å². The number of halogens is 1. The largest absolute Gasteiger partial charge is 0.396 e. The molecule has 2 rings (SSSR count). The fourth-order valence-corrected chi connectivity index (χ4v) is 1.88. The van der Waals surface area contributed by atoms with Gasteiger partial charge < -0.3 is 11.1 Å². The van der Waals surface area contributed by atoms with E-state index < -0.39 is 0 Å². The minimum absolute atomic E-state index is 0.125. The van der Waals surface area contributed by atoms with Crippen LogP contribution in [0.15, 0.2) is 36.5 Å². The third kappa shape index (κ3) is 2.93. The summed E-state index contributed by atoms with van der Waals surface area (Å²) in [6, 6.07) is 9.76. The topological polar surface area (TPSA) is 50.9 Å². The van der Waals surface area contributed by atoms with E-state index >= 15 is 0 Å². The molecule has 3 N–H and O–H groups in total. The molecule has 0 aliphatic heterocycles. The number of pyridine rings is 1. The highest BCUT2D eigenvalue weighted by molar-refractivity contribution is 6.30. The number of nitrogens with one attached hydrogen (secondary N) is 1. The van der Waals surface area contributed by atoms with Crippen molar-refractivity contribution in [2.24, 2.45) is 0 Å². The number of nitrogens with zero attached hydrogens (tertiary/aromatic N) is 1. The van der Waals surface area contributed by atoms with E-state index in [1.165, 1.54) is 0 Å². The highest BCUT2D eigenvalue weighted by Gasteiger charge is 2.08. The average molecular weight is 262 g/mol. The molecule has 0 saturated carbocycles. The van der Waals surface area contributed by atoms with Crippen LogP contribution >= 0.6 is 11.6 Å². The van der Waals surface area contributed by atoms with E-state index in [1.54, 1.807) is 6.20 Å². The maximum atomic E-state index is 5.93. The molecule has 94 valence electrons. The maximum Gasteiger partial charge on any atom is 0.149 e. The first kappa shape index (κ1) is 12.7. The number of nitrogen functional groups attached to an aromatic ring is 1. The van der Waals surface area contributed by atoms with Crippen LogP contribution in [0.1, 0.15) is 24.1 Å². The van der Waals surface area contributed by atoms with Gasteiger partial charge in [-0.05, 0) is 43.2 Å². The van der Waals surface area contributed by atoms with Crippen molar-refractivity contribution >= 4 is 23.1 Å². The molecule has 1 aromatic carbocycles. The molecule has 0 aliphatic carbocycles. The van der Waals surface area contributed by atoms with E-state index in [9.17, 15) is 0 Å². The summed E-state index contributed by atoms with van der Waals surface area (Å²) in [6.45, 7) is 4.03. The molecule has 0 saturated heterocycles. The first-order chi connectivity index (χ1) is 8.56. The molecule has 0 bridgehead atoms. The van der Waals surface area contributed by atoms with Gasteiger partial charge in [-0.1, -0.05) is 23.7 Å². The fourth-order valence-electron chi connectivity index (χ4n) is 1.75. The number of nitrogens with two attached hydrogens (primary N) is 1. The van der Waals surface area contributed by atoms with E-state index in [-0.39, 0.29) is 6.04 Å². The second-order valence-corrected chi connectivity index (χ2v) is 4.80. The van der Waals surface area contributed by atoms with Crippen LogP contribution < -0.4 is 11.1 Å². The van der Waals surface area contributed by atoms with E-state index in [0.29, 0.717) is 11.5 Å². The standard InChI is InChI=1S/C14H16ClN3/c1-9-7-13(16)14(17-8-9)18-10(2)11-3-5-12(15)6-4-11/h3-8,10H,16H2,1-2H3,(H,17,18). The van der Waals surface area contributed by atoms with Crippen molar-refractivity contribution in [3.05, 3.63) is 52.7 Å². The van der Waals surface area contributed by atoms with Crippen LogP contribution in [0.5, 0.6) is 0 Å². The number of benzene rings is 1. The summed E-state index contributed by atoms with van der Waals surface area (Å²) >= 11 is 5.87. The number of anilines is 2. The summed E-state index contributed by atoms with van der Waals surface area (Å²) in [5.74, 6) is 0.711. The predicted octanol–water partition coefficient (Wildman–Crippen LogP) is 3.80. The quantitative estimate of drug-likeness (QED) is 0.884. The van der Waals surface area contributed by atoms with Crippen LogP contribution in [0.25, 0.3) is 0 Å². The molecule has 0 amide bonds. The van der Waals surface area contributed by atoms with Gasteiger partial charge in [-0.15, -0.1) is 0 Å². The zero-order chi connectivity index (χ0) is 13.1. The smallest absolute Gasteiger partial charge is 0.149 e. The highest BCUT2D eigenvalue weighted by atomic mass is 35.5. The third-order valence-corrected chi connectivity index (χ3v) is 3.03. The van der Waals surface area contributed by atoms with E-state index in [0.717, 1.165) is 16.1 Å². The maximum absolute atomic E-state index is 5.93. The number of hydrogen-bond acceptors (Lipinski definition) is 3. The second kappa shape index (κ2) is 5.27. The Morgan fingerprint density at radius 1 is 1.28 bits per heavy atom. The SMILES string of the molecule is Cc1cnc(NC(C)c2ccc(Cl)cc2)c(N)c1. The monoisotopic (exact) mass is 261 g/mol. The Morgan fingerprint density at radius 3 is 2.56 bits per heavy atom. The minimum Gasteiger partial charge on any atom is -0.396 e. The first-order valence-electron chi connectivity index (χ1n) is 5.80. The lowest BCUT2D eigenvalue weighted by molar-refractivity contribution is 0.875. The molecule has 0 spiro atoms. The van der Waals surface area contributed by atoms with Crippen molar-refractivity contribution in [2.45, 2.75) is 19.9 Å². The Balaban J connectivity index is 2.15. The van der Waals surface area contributed by atoms with Crippen LogP contribution in [0, 0.1) is 6.92 Å². The van der Waals surface area contributed by atoms with Crippen LogP contribution in [0.4, 0.5) is 11.5 Å². The Morgan fingerprint density at radius 2 is 1.94 bits per heavy atom. The van der Waals surface area contributed by atoms with Crippen LogP contribution in [-0.2, 0) is 0 Å². The van der Waals surface area contributed by atoms with Crippen molar-refractivity contribution in [2.75, 3.05) is 11.1 Å². The summed E-state index contributed by atoms with van der Waals surface area (Å²) in [5.41, 5.74) is 8.78. The third-order valence-electron chi connectivity index (χ3n) is 2.78. The molecule has 0 fully saturated rings. The van der Waals surface area contributed by atoms with Gasteiger partial charge in [0, 0.05) is 11.2 Å². The van der Waals surface area contributed by atoms with Gasteiger partial charge in [0.15, 0.2) is 0 Å². The van der Waals surface area contributed by atoms with Gasteiger partial charge in [-0.3, -0.25) is 0 Å². The van der Waals surface area contributed by atoms with E-state index in [2.05, 4.69) is 17.2 Å². The lowest BCUT2D eigenvalue weighted by atomic mass is 10.1. The van der Waals surface area contributed by atoms with Crippen molar-refractivity contribution in [3.8, 4) is 0 Å². The molecular formula is C14H16ClN3. The van der Waals surface area contributed by atoms with Crippen LogP contribution in [-0.4, -0.2) is 4.98 Å². The molecule has 1 heterocycles. The molecule has 3 nitrogen and oxygen atoms in total. The molecule has 18 heavy (non-hydrogen) atoms. The molecule has 0 aliphatic rings. The zero-order valence-electron chi connectivity index (χ0n) is 10.4. The summed E-state index contributed by atoms with van der Waals surface area (Å²) in [6.07, 6.45) is 1.80. The molecule has 4 heteroatoms. The normalized spacial score (nSPS) is 12.2. The molecule has 2 aromatic rings. The second-order valence-electron chi connectivity index (χ2n) is 4.37. The minimum atomic E-state index is 0.125. The zero-order valence-corrected chi connectivity index (χ0v) is 11.2. The molecule has 1 atom stereocenters. The lowest BCUT2D eigenvalue weighted by Crippen LogP contribution is -2.09. The van der Waals surface area contributed by atoms with E-state index in [4.69, 9.17) is 17.3 Å². The van der Waals surface area contributed by atoms with Gasteiger partial charge in [-0.2, -0.15) is 0 Å². The number of aromatic nitrogens is 1. The van der Waals surface area contributed by atoms with Crippen molar-refractivity contribution < 1.29 is 0 Å². The van der Waals surface area contributed by atoms with Gasteiger partial charge in [0.2, 0.25) is 0 Å². The summed E-state index contributed by atoms with van der Waals surface area (Å²) in [7, 11) is 0.